The van der Waals surface area contributed by atoms with E-state index >= 15 is 0 Å². The van der Waals surface area contributed by atoms with Crippen molar-refractivity contribution in [2.45, 2.75) is 46.3 Å². The van der Waals surface area contributed by atoms with Crippen molar-refractivity contribution in [2.24, 2.45) is 10.9 Å². The largest absolute Gasteiger partial charge is 0.493 e. The summed E-state index contributed by atoms with van der Waals surface area (Å²) in [5, 5.41) is 6.65. The molecule has 2 rings (SSSR count). The molecule has 5 nitrogen and oxygen atoms in total. The first-order valence-corrected chi connectivity index (χ1v) is 9.03. The summed E-state index contributed by atoms with van der Waals surface area (Å²) in [6.45, 7) is 10.3. The first-order chi connectivity index (χ1) is 11.7. The van der Waals surface area contributed by atoms with Crippen LogP contribution in [-0.2, 0) is 11.3 Å². The van der Waals surface area contributed by atoms with Gasteiger partial charge in [0.05, 0.1) is 19.3 Å². The van der Waals surface area contributed by atoms with Gasteiger partial charge in [-0.3, -0.25) is 0 Å². The lowest BCUT2D eigenvalue weighted by atomic mass is 10.2. The van der Waals surface area contributed by atoms with Crippen molar-refractivity contribution >= 4 is 5.96 Å². The normalized spacial score (nSPS) is 18.0. The summed E-state index contributed by atoms with van der Waals surface area (Å²) in [7, 11) is 0. The van der Waals surface area contributed by atoms with Gasteiger partial charge < -0.3 is 20.1 Å². The summed E-state index contributed by atoms with van der Waals surface area (Å²) < 4.78 is 11.4. The Hall–Kier alpha value is -1.75. The predicted molar refractivity (Wildman–Crippen MR) is 98.6 cm³/mol. The standard InChI is InChI=1S/C19H31N3O2/c1-4-20-19(22-13-18-9-6-10-23-18)21-12-16-7-5-8-17(11-16)24-14-15(2)3/h5,7-8,11,15,18H,4,6,9-10,12-14H2,1-3H3,(H2,20,21,22). The molecule has 5 heteroatoms. The molecule has 0 aliphatic carbocycles. The first kappa shape index (κ1) is 18.6. The summed E-state index contributed by atoms with van der Waals surface area (Å²) >= 11 is 0. The van der Waals surface area contributed by atoms with E-state index in [1.165, 1.54) is 0 Å². The van der Waals surface area contributed by atoms with Crippen LogP contribution in [0, 0.1) is 5.92 Å². The predicted octanol–water partition coefficient (Wildman–Crippen LogP) is 2.96. The van der Waals surface area contributed by atoms with Crippen LogP contribution in [0.25, 0.3) is 0 Å². The lowest BCUT2D eigenvalue weighted by molar-refractivity contribution is 0.114. The number of aliphatic imine (C=N–C) groups is 1. The van der Waals surface area contributed by atoms with Gasteiger partial charge in [0, 0.05) is 19.7 Å². The first-order valence-electron chi connectivity index (χ1n) is 9.03. The summed E-state index contributed by atoms with van der Waals surface area (Å²) in [6.07, 6.45) is 2.59. The lowest BCUT2D eigenvalue weighted by Crippen LogP contribution is -2.41. The van der Waals surface area contributed by atoms with Crippen molar-refractivity contribution in [1.29, 1.82) is 0 Å². The molecule has 0 spiro atoms. The van der Waals surface area contributed by atoms with E-state index in [1.54, 1.807) is 0 Å². The highest BCUT2D eigenvalue weighted by atomic mass is 16.5. The number of guanidine groups is 1. The number of ether oxygens (including phenoxy) is 2. The van der Waals surface area contributed by atoms with Crippen molar-refractivity contribution in [3.8, 4) is 5.75 Å². The lowest BCUT2D eigenvalue weighted by Gasteiger charge is -2.15. The highest BCUT2D eigenvalue weighted by Crippen LogP contribution is 2.15. The van der Waals surface area contributed by atoms with Gasteiger partial charge in [0.25, 0.3) is 0 Å². The Morgan fingerprint density at radius 3 is 2.96 bits per heavy atom. The Balaban J connectivity index is 1.88. The van der Waals surface area contributed by atoms with Crippen LogP contribution in [0.1, 0.15) is 39.2 Å². The van der Waals surface area contributed by atoms with E-state index in [0.717, 1.165) is 56.4 Å². The summed E-state index contributed by atoms with van der Waals surface area (Å²) in [6, 6.07) is 8.16. The third-order valence-corrected chi connectivity index (χ3v) is 3.77. The molecule has 1 aliphatic rings. The second-order valence-electron chi connectivity index (χ2n) is 6.56. The van der Waals surface area contributed by atoms with Gasteiger partial charge in [0.2, 0.25) is 0 Å². The van der Waals surface area contributed by atoms with Gasteiger partial charge >= 0.3 is 0 Å². The van der Waals surface area contributed by atoms with Gasteiger partial charge in [-0.1, -0.05) is 26.0 Å². The quantitative estimate of drug-likeness (QED) is 0.567. The number of nitrogens with one attached hydrogen (secondary N) is 2. The Morgan fingerprint density at radius 2 is 2.25 bits per heavy atom. The molecule has 1 aliphatic heterocycles. The Morgan fingerprint density at radius 1 is 1.38 bits per heavy atom. The zero-order valence-electron chi connectivity index (χ0n) is 15.2. The maximum absolute atomic E-state index is 5.78. The van der Waals surface area contributed by atoms with E-state index in [-0.39, 0.29) is 0 Å². The minimum absolute atomic E-state index is 0.307. The molecule has 24 heavy (non-hydrogen) atoms. The van der Waals surface area contributed by atoms with Crippen LogP contribution in [0.15, 0.2) is 29.3 Å². The van der Waals surface area contributed by atoms with Gasteiger partial charge in [-0.25, -0.2) is 4.99 Å². The van der Waals surface area contributed by atoms with Crippen molar-refractivity contribution in [3.05, 3.63) is 29.8 Å². The van der Waals surface area contributed by atoms with E-state index in [4.69, 9.17) is 9.47 Å². The maximum Gasteiger partial charge on any atom is 0.191 e. The molecule has 1 heterocycles. The highest BCUT2D eigenvalue weighted by Gasteiger charge is 2.15. The van der Waals surface area contributed by atoms with Gasteiger partial charge in [-0.2, -0.15) is 0 Å². The third kappa shape index (κ3) is 6.79. The van der Waals surface area contributed by atoms with E-state index < -0.39 is 0 Å². The van der Waals surface area contributed by atoms with Crippen LogP contribution in [0.5, 0.6) is 5.75 Å². The summed E-state index contributed by atoms with van der Waals surface area (Å²) in [5.41, 5.74) is 1.14. The van der Waals surface area contributed by atoms with E-state index in [2.05, 4.69) is 48.5 Å². The number of hydrogen-bond donors (Lipinski definition) is 2. The average molecular weight is 333 g/mol. The van der Waals surface area contributed by atoms with Crippen molar-refractivity contribution in [3.63, 3.8) is 0 Å². The van der Waals surface area contributed by atoms with E-state index in [1.807, 2.05) is 12.1 Å². The molecule has 1 unspecified atom stereocenters. The van der Waals surface area contributed by atoms with Crippen molar-refractivity contribution < 1.29 is 9.47 Å². The van der Waals surface area contributed by atoms with Crippen LogP contribution in [-0.4, -0.2) is 38.4 Å². The van der Waals surface area contributed by atoms with Crippen molar-refractivity contribution in [1.82, 2.24) is 10.6 Å². The average Bonchev–Trinajstić information content (AvgIpc) is 3.09. The van der Waals surface area contributed by atoms with Gasteiger partial charge in [-0.05, 0) is 43.4 Å². The molecule has 0 saturated carbocycles. The monoisotopic (exact) mass is 333 g/mol. The zero-order chi connectivity index (χ0) is 17.2. The molecule has 0 aromatic heterocycles. The molecule has 2 N–H and O–H groups in total. The van der Waals surface area contributed by atoms with Gasteiger partial charge in [0.1, 0.15) is 5.75 Å². The highest BCUT2D eigenvalue weighted by molar-refractivity contribution is 5.79. The minimum Gasteiger partial charge on any atom is -0.493 e. The van der Waals surface area contributed by atoms with Crippen LogP contribution in [0.2, 0.25) is 0 Å². The van der Waals surface area contributed by atoms with Crippen LogP contribution >= 0.6 is 0 Å². The summed E-state index contributed by atoms with van der Waals surface area (Å²) in [5.74, 6) is 2.27. The summed E-state index contributed by atoms with van der Waals surface area (Å²) in [4.78, 5) is 4.66. The second-order valence-corrected chi connectivity index (χ2v) is 6.56. The van der Waals surface area contributed by atoms with Gasteiger partial charge in [0.15, 0.2) is 5.96 Å². The molecule has 1 aromatic rings. The Labute approximate surface area is 145 Å². The molecule has 0 amide bonds. The van der Waals surface area contributed by atoms with Crippen LogP contribution < -0.4 is 15.4 Å². The number of nitrogens with zero attached hydrogens (tertiary/aromatic N) is 1. The molecule has 134 valence electrons. The molecular weight excluding hydrogens is 302 g/mol. The smallest absolute Gasteiger partial charge is 0.191 e. The Kier molecular flexibility index (Phi) is 7.89. The van der Waals surface area contributed by atoms with E-state index in [0.29, 0.717) is 18.6 Å². The fourth-order valence-corrected chi connectivity index (χ4v) is 2.52. The topological polar surface area (TPSA) is 54.9 Å². The fourth-order valence-electron chi connectivity index (χ4n) is 2.52. The molecular formula is C19H31N3O2. The van der Waals surface area contributed by atoms with Gasteiger partial charge in [-0.15, -0.1) is 0 Å². The van der Waals surface area contributed by atoms with Crippen LogP contribution in [0.3, 0.4) is 0 Å². The molecule has 0 radical (unpaired) electrons. The molecule has 1 saturated heterocycles. The molecule has 0 bridgehead atoms. The second kappa shape index (κ2) is 10.2. The minimum atomic E-state index is 0.307. The van der Waals surface area contributed by atoms with Crippen LogP contribution in [0.4, 0.5) is 0 Å². The molecule has 1 aromatic carbocycles. The Bertz CT molecular complexity index is 511. The molecule has 1 atom stereocenters. The van der Waals surface area contributed by atoms with Crippen molar-refractivity contribution in [2.75, 3.05) is 26.3 Å². The number of hydrogen-bond acceptors (Lipinski definition) is 3. The zero-order valence-corrected chi connectivity index (χ0v) is 15.2. The maximum atomic E-state index is 5.78. The number of rotatable bonds is 8. The third-order valence-electron chi connectivity index (χ3n) is 3.77. The SMILES string of the molecule is CCNC(=NCc1cccc(OCC(C)C)c1)NCC1CCCO1. The fraction of sp³-hybridized carbons (Fsp3) is 0.632. The number of benzene rings is 1. The van der Waals surface area contributed by atoms with E-state index in [9.17, 15) is 0 Å². The molecule has 1 fully saturated rings.